The maximum atomic E-state index is 11.7. The van der Waals surface area contributed by atoms with E-state index >= 15 is 0 Å². The van der Waals surface area contributed by atoms with Crippen LogP contribution in [0.15, 0.2) is 48.5 Å². The number of nitrogens with one attached hydrogen (secondary N) is 1. The summed E-state index contributed by atoms with van der Waals surface area (Å²) in [6.07, 6.45) is 0. The Morgan fingerprint density at radius 1 is 1.05 bits per heavy atom. The molecule has 0 aliphatic rings. The van der Waals surface area contributed by atoms with Crippen LogP contribution < -0.4 is 10.1 Å². The van der Waals surface area contributed by atoms with Crippen LogP contribution >= 0.6 is 0 Å². The standard InChI is InChI=1S/C16H17NO3/c1-20-15-8-6-13(7-9-15)12-2-4-14(5-3-12)16(19)17-10-11-18/h2-9,18H,10-11H2,1H3,(H,17,19). The maximum Gasteiger partial charge on any atom is 0.251 e. The lowest BCUT2D eigenvalue weighted by Crippen LogP contribution is -2.26. The summed E-state index contributed by atoms with van der Waals surface area (Å²) in [5.74, 6) is 0.633. The molecule has 2 N–H and O–H groups in total. The Morgan fingerprint density at radius 3 is 2.10 bits per heavy atom. The number of aliphatic hydroxyl groups excluding tert-OH is 1. The predicted octanol–water partition coefficient (Wildman–Crippen LogP) is 2.08. The van der Waals surface area contributed by atoms with E-state index in [-0.39, 0.29) is 19.1 Å². The number of ether oxygens (including phenoxy) is 1. The first-order chi connectivity index (χ1) is 9.74. The molecule has 0 heterocycles. The third-order valence-corrected chi connectivity index (χ3v) is 2.97. The molecule has 0 bridgehead atoms. The molecule has 104 valence electrons. The van der Waals surface area contributed by atoms with Crippen LogP contribution in [0.4, 0.5) is 0 Å². The largest absolute Gasteiger partial charge is 0.497 e. The van der Waals surface area contributed by atoms with E-state index < -0.39 is 0 Å². The van der Waals surface area contributed by atoms with Crippen LogP contribution in [-0.2, 0) is 0 Å². The van der Waals surface area contributed by atoms with Gasteiger partial charge in [-0.1, -0.05) is 24.3 Å². The van der Waals surface area contributed by atoms with Crippen LogP contribution in [0, 0.1) is 0 Å². The van der Waals surface area contributed by atoms with Crippen molar-refractivity contribution in [3.8, 4) is 16.9 Å². The van der Waals surface area contributed by atoms with Crippen LogP contribution in [0.1, 0.15) is 10.4 Å². The van der Waals surface area contributed by atoms with E-state index in [2.05, 4.69) is 5.32 Å². The molecule has 0 fully saturated rings. The van der Waals surface area contributed by atoms with Gasteiger partial charge >= 0.3 is 0 Å². The van der Waals surface area contributed by atoms with Crippen LogP contribution in [-0.4, -0.2) is 31.3 Å². The quantitative estimate of drug-likeness (QED) is 0.875. The third-order valence-electron chi connectivity index (χ3n) is 2.97. The van der Waals surface area contributed by atoms with Gasteiger partial charge in [0, 0.05) is 12.1 Å². The van der Waals surface area contributed by atoms with Gasteiger partial charge in [0.25, 0.3) is 5.91 Å². The molecule has 2 aromatic rings. The molecule has 2 aromatic carbocycles. The zero-order valence-corrected chi connectivity index (χ0v) is 11.3. The fraction of sp³-hybridized carbons (Fsp3) is 0.188. The van der Waals surface area contributed by atoms with E-state index in [1.807, 2.05) is 36.4 Å². The summed E-state index contributed by atoms with van der Waals surface area (Å²) in [5, 5.41) is 11.3. The van der Waals surface area contributed by atoms with E-state index in [9.17, 15) is 4.79 Å². The minimum atomic E-state index is -0.180. The molecule has 1 amide bonds. The molecule has 0 aliphatic carbocycles. The zero-order valence-electron chi connectivity index (χ0n) is 11.3. The van der Waals surface area contributed by atoms with Gasteiger partial charge in [-0.15, -0.1) is 0 Å². The number of amides is 1. The summed E-state index contributed by atoms with van der Waals surface area (Å²) in [6, 6.07) is 15.1. The van der Waals surface area contributed by atoms with Gasteiger partial charge in [-0.2, -0.15) is 0 Å². The second-order valence-corrected chi connectivity index (χ2v) is 4.29. The Morgan fingerprint density at radius 2 is 1.60 bits per heavy atom. The fourth-order valence-electron chi connectivity index (χ4n) is 1.87. The Hall–Kier alpha value is -2.33. The van der Waals surface area contributed by atoms with E-state index in [0.29, 0.717) is 5.56 Å². The first-order valence-electron chi connectivity index (χ1n) is 6.38. The minimum Gasteiger partial charge on any atom is -0.497 e. The van der Waals surface area contributed by atoms with Gasteiger partial charge in [0.1, 0.15) is 5.75 Å². The van der Waals surface area contributed by atoms with Gasteiger partial charge in [0.2, 0.25) is 0 Å². The molecule has 0 aliphatic heterocycles. The molecule has 0 radical (unpaired) electrons. The highest BCUT2D eigenvalue weighted by Crippen LogP contribution is 2.22. The SMILES string of the molecule is COc1ccc(-c2ccc(C(=O)NCCO)cc2)cc1. The lowest BCUT2D eigenvalue weighted by atomic mass is 10.0. The van der Waals surface area contributed by atoms with Gasteiger partial charge in [-0.25, -0.2) is 0 Å². The first-order valence-corrected chi connectivity index (χ1v) is 6.38. The van der Waals surface area contributed by atoms with Crippen molar-refractivity contribution in [1.29, 1.82) is 0 Å². The fourth-order valence-corrected chi connectivity index (χ4v) is 1.87. The van der Waals surface area contributed by atoms with Crippen LogP contribution in [0.3, 0.4) is 0 Å². The highest BCUT2D eigenvalue weighted by Gasteiger charge is 2.05. The normalized spacial score (nSPS) is 10.1. The van der Waals surface area contributed by atoms with Crippen molar-refractivity contribution in [3.63, 3.8) is 0 Å². The van der Waals surface area contributed by atoms with Crippen molar-refractivity contribution >= 4 is 5.91 Å². The van der Waals surface area contributed by atoms with Crippen molar-refractivity contribution in [3.05, 3.63) is 54.1 Å². The van der Waals surface area contributed by atoms with Crippen molar-refractivity contribution in [2.75, 3.05) is 20.3 Å². The zero-order chi connectivity index (χ0) is 14.4. The van der Waals surface area contributed by atoms with E-state index in [0.717, 1.165) is 16.9 Å². The van der Waals surface area contributed by atoms with E-state index in [1.165, 1.54) is 0 Å². The average molecular weight is 271 g/mol. The number of hydrogen-bond acceptors (Lipinski definition) is 3. The summed E-state index contributed by atoms with van der Waals surface area (Å²) < 4.78 is 5.12. The highest BCUT2D eigenvalue weighted by molar-refractivity contribution is 5.94. The second kappa shape index (κ2) is 6.73. The number of methoxy groups -OCH3 is 1. The number of benzene rings is 2. The van der Waals surface area contributed by atoms with Crippen LogP contribution in [0.2, 0.25) is 0 Å². The molecule has 4 heteroatoms. The van der Waals surface area contributed by atoms with Gasteiger partial charge in [-0.05, 0) is 35.4 Å². The monoisotopic (exact) mass is 271 g/mol. The summed E-state index contributed by atoms with van der Waals surface area (Å²) in [6.45, 7) is 0.203. The highest BCUT2D eigenvalue weighted by atomic mass is 16.5. The van der Waals surface area contributed by atoms with E-state index in [1.54, 1.807) is 19.2 Å². The lowest BCUT2D eigenvalue weighted by Gasteiger charge is -2.06. The first kappa shape index (κ1) is 14.1. The third kappa shape index (κ3) is 3.36. The van der Waals surface area contributed by atoms with Crippen molar-refractivity contribution in [1.82, 2.24) is 5.32 Å². The maximum absolute atomic E-state index is 11.7. The smallest absolute Gasteiger partial charge is 0.251 e. The lowest BCUT2D eigenvalue weighted by molar-refractivity contribution is 0.0945. The summed E-state index contributed by atoms with van der Waals surface area (Å²) >= 11 is 0. The van der Waals surface area contributed by atoms with Crippen LogP contribution in [0.25, 0.3) is 11.1 Å². The van der Waals surface area contributed by atoms with Crippen molar-refractivity contribution in [2.24, 2.45) is 0 Å². The topological polar surface area (TPSA) is 58.6 Å². The molecule has 0 spiro atoms. The predicted molar refractivity (Wildman–Crippen MR) is 77.8 cm³/mol. The number of rotatable bonds is 5. The molecule has 4 nitrogen and oxygen atoms in total. The summed E-state index contributed by atoms with van der Waals surface area (Å²) in [5.41, 5.74) is 2.68. The van der Waals surface area contributed by atoms with Crippen molar-refractivity contribution < 1.29 is 14.6 Å². The Kier molecular flexibility index (Phi) is 4.74. The molecule has 20 heavy (non-hydrogen) atoms. The van der Waals surface area contributed by atoms with Crippen molar-refractivity contribution in [2.45, 2.75) is 0 Å². The van der Waals surface area contributed by atoms with Gasteiger partial charge < -0.3 is 15.2 Å². The number of carbonyl (C=O) groups excluding carboxylic acids is 1. The number of carbonyl (C=O) groups is 1. The Labute approximate surface area is 118 Å². The Bertz CT molecular complexity index is 561. The molecule has 0 saturated heterocycles. The number of hydrogen-bond donors (Lipinski definition) is 2. The second-order valence-electron chi connectivity index (χ2n) is 4.29. The van der Waals surface area contributed by atoms with E-state index in [4.69, 9.17) is 9.84 Å². The minimum absolute atomic E-state index is 0.0598. The summed E-state index contributed by atoms with van der Waals surface area (Å²) in [4.78, 5) is 11.7. The van der Waals surface area contributed by atoms with Gasteiger partial charge in [-0.3, -0.25) is 4.79 Å². The number of aliphatic hydroxyl groups is 1. The van der Waals surface area contributed by atoms with Crippen LogP contribution in [0.5, 0.6) is 5.75 Å². The molecular weight excluding hydrogens is 254 g/mol. The molecule has 0 atom stereocenters. The molecular formula is C16H17NO3. The van der Waals surface area contributed by atoms with Gasteiger partial charge in [0.15, 0.2) is 0 Å². The summed E-state index contributed by atoms with van der Waals surface area (Å²) in [7, 11) is 1.63. The molecule has 0 saturated carbocycles. The Balaban J connectivity index is 2.12. The van der Waals surface area contributed by atoms with Gasteiger partial charge in [0.05, 0.1) is 13.7 Å². The molecule has 2 rings (SSSR count). The molecule has 0 aromatic heterocycles. The molecule has 0 unspecified atom stereocenters. The average Bonchev–Trinajstić information content (AvgIpc) is 2.53.